The molecule has 1 N–H and O–H groups in total. The number of rotatable bonds is 7. The van der Waals surface area contributed by atoms with E-state index >= 15 is 0 Å². The van der Waals surface area contributed by atoms with Gasteiger partial charge in [-0.05, 0) is 44.3 Å². The summed E-state index contributed by atoms with van der Waals surface area (Å²) in [6.07, 6.45) is 6.71. The zero-order chi connectivity index (χ0) is 18.4. The smallest absolute Gasteiger partial charge is 0.336 e. The molecule has 6 nitrogen and oxygen atoms in total. The van der Waals surface area contributed by atoms with Gasteiger partial charge in [0.1, 0.15) is 0 Å². The fourth-order valence-corrected chi connectivity index (χ4v) is 3.42. The van der Waals surface area contributed by atoms with Crippen molar-refractivity contribution in [1.29, 1.82) is 0 Å². The molecule has 2 aromatic rings. The highest BCUT2D eigenvalue weighted by atomic mass is 16.5. The lowest BCUT2D eigenvalue weighted by atomic mass is 9.92. The van der Waals surface area contributed by atoms with Crippen LogP contribution in [0.2, 0.25) is 0 Å². The van der Waals surface area contributed by atoms with Crippen molar-refractivity contribution in [2.24, 2.45) is 5.92 Å². The number of nitrogens with zero attached hydrogens (tertiary/aromatic N) is 3. The second kappa shape index (κ2) is 8.87. The summed E-state index contributed by atoms with van der Waals surface area (Å²) in [6.45, 7) is 3.99. The predicted octanol–water partition coefficient (Wildman–Crippen LogP) is 2.74. The summed E-state index contributed by atoms with van der Waals surface area (Å²) >= 11 is 0. The molecule has 138 valence electrons. The van der Waals surface area contributed by atoms with Gasteiger partial charge in [0.15, 0.2) is 0 Å². The van der Waals surface area contributed by atoms with Crippen LogP contribution >= 0.6 is 0 Å². The maximum atomic E-state index is 11.4. The number of carboxylic acid groups (broad SMARTS) is 1. The molecular formula is C20H25N3O3. The molecule has 0 bridgehead atoms. The van der Waals surface area contributed by atoms with Crippen molar-refractivity contribution in [3.63, 3.8) is 0 Å². The van der Waals surface area contributed by atoms with E-state index in [1.807, 2.05) is 6.07 Å². The van der Waals surface area contributed by atoms with Crippen molar-refractivity contribution in [2.45, 2.75) is 19.3 Å². The maximum absolute atomic E-state index is 11.4. The van der Waals surface area contributed by atoms with Crippen molar-refractivity contribution in [1.82, 2.24) is 14.9 Å². The molecule has 1 saturated heterocycles. The number of benzene rings is 1. The highest BCUT2D eigenvalue weighted by Gasteiger charge is 2.20. The third-order valence-electron chi connectivity index (χ3n) is 4.96. The summed E-state index contributed by atoms with van der Waals surface area (Å²) in [5, 5.41) is 9.31. The molecule has 1 fully saturated rings. The number of aromatic carboxylic acids is 1. The van der Waals surface area contributed by atoms with E-state index < -0.39 is 5.97 Å². The average Bonchev–Trinajstić information content (AvgIpc) is 2.68. The largest absolute Gasteiger partial charge is 0.478 e. The van der Waals surface area contributed by atoms with Crippen molar-refractivity contribution in [3.05, 3.63) is 47.9 Å². The molecule has 0 radical (unpaired) electrons. The normalized spacial score (nSPS) is 15.9. The van der Waals surface area contributed by atoms with Crippen LogP contribution in [0.1, 0.15) is 28.9 Å². The zero-order valence-corrected chi connectivity index (χ0v) is 15.1. The molecule has 1 aromatic heterocycles. The Bertz CT molecular complexity index is 725. The van der Waals surface area contributed by atoms with E-state index in [-0.39, 0.29) is 5.56 Å². The molecule has 1 aromatic carbocycles. The standard InChI is InChI=1S/C20H25N3O3/c1-26-11-10-23-8-6-15(7-9-23)12-16-13-22-19(14-21-16)17-4-2-3-5-18(17)20(24)25/h2-5,13-15H,6-12H2,1H3,(H,24,25). The van der Waals surface area contributed by atoms with Crippen LogP contribution in [0.15, 0.2) is 36.7 Å². The highest BCUT2D eigenvalue weighted by molar-refractivity contribution is 5.95. The molecule has 1 aliphatic rings. The van der Waals surface area contributed by atoms with Gasteiger partial charge in [0.2, 0.25) is 0 Å². The maximum Gasteiger partial charge on any atom is 0.336 e. The number of likely N-dealkylation sites (tertiary alicyclic amines) is 1. The van der Waals surface area contributed by atoms with E-state index in [4.69, 9.17) is 4.74 Å². The third kappa shape index (κ3) is 4.65. The van der Waals surface area contributed by atoms with E-state index in [9.17, 15) is 9.90 Å². The summed E-state index contributed by atoms with van der Waals surface area (Å²) < 4.78 is 5.14. The number of ether oxygens (including phenoxy) is 1. The van der Waals surface area contributed by atoms with E-state index in [2.05, 4.69) is 14.9 Å². The number of carbonyl (C=O) groups is 1. The fraction of sp³-hybridized carbons (Fsp3) is 0.450. The lowest BCUT2D eigenvalue weighted by Crippen LogP contribution is -2.36. The van der Waals surface area contributed by atoms with Gasteiger partial charge in [-0.25, -0.2) is 4.79 Å². The number of hydrogen-bond donors (Lipinski definition) is 1. The molecule has 2 heterocycles. The Morgan fingerprint density at radius 3 is 2.65 bits per heavy atom. The van der Waals surface area contributed by atoms with Crippen molar-refractivity contribution in [3.8, 4) is 11.3 Å². The van der Waals surface area contributed by atoms with Gasteiger partial charge in [0.05, 0.1) is 29.8 Å². The second-order valence-electron chi connectivity index (χ2n) is 6.73. The Morgan fingerprint density at radius 2 is 2.00 bits per heavy atom. The molecule has 0 amide bonds. The van der Waals surface area contributed by atoms with Gasteiger partial charge in [0.25, 0.3) is 0 Å². The third-order valence-corrected chi connectivity index (χ3v) is 4.96. The molecule has 0 spiro atoms. The minimum absolute atomic E-state index is 0.248. The van der Waals surface area contributed by atoms with Crippen LogP contribution in [0, 0.1) is 5.92 Å². The van der Waals surface area contributed by atoms with Gasteiger partial charge < -0.3 is 14.7 Å². The van der Waals surface area contributed by atoms with E-state index in [0.29, 0.717) is 17.2 Å². The lowest BCUT2D eigenvalue weighted by molar-refractivity contribution is 0.0697. The first-order valence-corrected chi connectivity index (χ1v) is 9.02. The Kier molecular flexibility index (Phi) is 6.30. The SMILES string of the molecule is COCCN1CCC(Cc2cnc(-c3ccccc3C(=O)O)cn2)CC1. The summed E-state index contributed by atoms with van der Waals surface area (Å²) in [5.74, 6) is -0.327. The molecule has 6 heteroatoms. The van der Waals surface area contributed by atoms with E-state index in [1.165, 1.54) is 0 Å². The Labute approximate surface area is 153 Å². The highest BCUT2D eigenvalue weighted by Crippen LogP contribution is 2.23. The first-order chi connectivity index (χ1) is 12.7. The summed E-state index contributed by atoms with van der Waals surface area (Å²) in [6, 6.07) is 6.88. The average molecular weight is 355 g/mol. The van der Waals surface area contributed by atoms with Gasteiger partial charge in [-0.15, -0.1) is 0 Å². The van der Waals surface area contributed by atoms with Crippen molar-refractivity contribution >= 4 is 5.97 Å². The van der Waals surface area contributed by atoms with Crippen LogP contribution in [0.5, 0.6) is 0 Å². The molecule has 1 aliphatic heterocycles. The molecule has 0 unspecified atom stereocenters. The molecular weight excluding hydrogens is 330 g/mol. The second-order valence-corrected chi connectivity index (χ2v) is 6.73. The Hall–Kier alpha value is -2.31. The van der Waals surface area contributed by atoms with Gasteiger partial charge >= 0.3 is 5.97 Å². The molecule has 26 heavy (non-hydrogen) atoms. The van der Waals surface area contributed by atoms with Gasteiger partial charge in [0, 0.05) is 25.4 Å². The van der Waals surface area contributed by atoms with Crippen LogP contribution in [-0.2, 0) is 11.2 Å². The van der Waals surface area contributed by atoms with Crippen LogP contribution in [0.25, 0.3) is 11.3 Å². The number of piperidine rings is 1. The summed E-state index contributed by atoms with van der Waals surface area (Å²) in [7, 11) is 1.74. The summed E-state index contributed by atoms with van der Waals surface area (Å²) in [5.41, 5.74) is 2.42. The van der Waals surface area contributed by atoms with Gasteiger partial charge in [-0.2, -0.15) is 0 Å². The number of carboxylic acids is 1. The molecule has 0 saturated carbocycles. The Balaban J connectivity index is 1.60. The number of hydrogen-bond acceptors (Lipinski definition) is 5. The first-order valence-electron chi connectivity index (χ1n) is 9.02. The number of methoxy groups -OCH3 is 1. The monoisotopic (exact) mass is 355 g/mol. The van der Waals surface area contributed by atoms with Crippen LogP contribution < -0.4 is 0 Å². The minimum atomic E-state index is -0.952. The summed E-state index contributed by atoms with van der Waals surface area (Å²) in [4.78, 5) is 22.8. The fourth-order valence-electron chi connectivity index (χ4n) is 3.42. The Morgan fingerprint density at radius 1 is 1.23 bits per heavy atom. The molecule has 0 atom stereocenters. The van der Waals surface area contributed by atoms with Crippen molar-refractivity contribution in [2.75, 3.05) is 33.4 Å². The van der Waals surface area contributed by atoms with Gasteiger partial charge in [-0.1, -0.05) is 18.2 Å². The quantitative estimate of drug-likeness (QED) is 0.823. The topological polar surface area (TPSA) is 75.5 Å². The molecule has 0 aliphatic carbocycles. The number of aromatic nitrogens is 2. The van der Waals surface area contributed by atoms with Gasteiger partial charge in [-0.3, -0.25) is 9.97 Å². The minimum Gasteiger partial charge on any atom is -0.478 e. The predicted molar refractivity (Wildman–Crippen MR) is 99.2 cm³/mol. The zero-order valence-electron chi connectivity index (χ0n) is 15.1. The van der Waals surface area contributed by atoms with Crippen LogP contribution in [0.3, 0.4) is 0 Å². The van der Waals surface area contributed by atoms with Crippen LogP contribution in [-0.4, -0.2) is 59.3 Å². The van der Waals surface area contributed by atoms with Crippen LogP contribution in [0.4, 0.5) is 0 Å². The van der Waals surface area contributed by atoms with E-state index in [1.54, 1.807) is 37.7 Å². The molecule has 3 rings (SSSR count). The van der Waals surface area contributed by atoms with Crippen molar-refractivity contribution < 1.29 is 14.6 Å². The van der Waals surface area contributed by atoms with E-state index in [0.717, 1.165) is 51.2 Å². The lowest BCUT2D eigenvalue weighted by Gasteiger charge is -2.31. The first kappa shape index (κ1) is 18.5.